The molecule has 0 aromatic heterocycles. The second-order valence-electron chi connectivity index (χ2n) is 5.83. The summed E-state index contributed by atoms with van der Waals surface area (Å²) in [6.45, 7) is 1.41. The van der Waals surface area contributed by atoms with Crippen LogP contribution in [0.15, 0.2) is 54.6 Å². The Labute approximate surface area is 152 Å². The van der Waals surface area contributed by atoms with E-state index in [1.54, 1.807) is 24.3 Å². The fourth-order valence-corrected chi connectivity index (χ4v) is 2.50. The number of ether oxygens (including phenoxy) is 1. The van der Waals surface area contributed by atoms with E-state index in [2.05, 4.69) is 10.6 Å². The lowest BCUT2D eigenvalue weighted by Gasteiger charge is -2.16. The summed E-state index contributed by atoms with van der Waals surface area (Å²) < 4.78 is 4.80. The standard InChI is InChI=1S/C20H22N2O4/c1-14(23)21-17-11-9-16(10-12-17)19(24)22-18(20(25)26-2)13-8-15-6-4-3-5-7-15/h3-7,9-12,18H,8,13H2,1-2H3,(H,21,23)(H,22,24)/t18-/m1/s1. The molecule has 0 spiro atoms. The van der Waals surface area contributed by atoms with Crippen molar-refractivity contribution >= 4 is 23.5 Å². The largest absolute Gasteiger partial charge is 0.467 e. The molecule has 136 valence electrons. The number of methoxy groups -OCH3 is 1. The van der Waals surface area contributed by atoms with Crippen molar-refractivity contribution in [3.8, 4) is 0 Å². The average molecular weight is 354 g/mol. The van der Waals surface area contributed by atoms with Gasteiger partial charge in [0.2, 0.25) is 5.91 Å². The van der Waals surface area contributed by atoms with E-state index in [0.717, 1.165) is 5.56 Å². The van der Waals surface area contributed by atoms with Crippen molar-refractivity contribution in [2.24, 2.45) is 0 Å². The predicted octanol–water partition coefficient (Wildman–Crippen LogP) is 2.55. The van der Waals surface area contributed by atoms with Crippen molar-refractivity contribution in [3.05, 3.63) is 65.7 Å². The number of hydrogen-bond acceptors (Lipinski definition) is 4. The third-order valence-corrected chi connectivity index (χ3v) is 3.82. The molecule has 2 aromatic rings. The second kappa shape index (κ2) is 9.36. The summed E-state index contributed by atoms with van der Waals surface area (Å²) in [5, 5.41) is 5.35. The fourth-order valence-electron chi connectivity index (χ4n) is 2.50. The van der Waals surface area contributed by atoms with E-state index in [9.17, 15) is 14.4 Å². The lowest BCUT2D eigenvalue weighted by molar-refractivity contribution is -0.143. The zero-order valence-corrected chi connectivity index (χ0v) is 14.8. The Hall–Kier alpha value is -3.15. The van der Waals surface area contributed by atoms with Crippen LogP contribution in [0.2, 0.25) is 0 Å². The van der Waals surface area contributed by atoms with E-state index < -0.39 is 12.0 Å². The van der Waals surface area contributed by atoms with E-state index in [4.69, 9.17) is 4.74 Å². The quantitative estimate of drug-likeness (QED) is 0.749. The molecule has 0 aliphatic carbocycles. The number of amides is 2. The summed E-state index contributed by atoms with van der Waals surface area (Å²) in [4.78, 5) is 35.4. The summed E-state index contributed by atoms with van der Waals surface area (Å²) in [7, 11) is 1.30. The van der Waals surface area contributed by atoms with E-state index in [1.165, 1.54) is 14.0 Å². The summed E-state index contributed by atoms with van der Waals surface area (Å²) in [5.41, 5.74) is 2.07. The van der Waals surface area contributed by atoms with Gasteiger partial charge in [0.05, 0.1) is 7.11 Å². The molecule has 2 N–H and O–H groups in total. The minimum absolute atomic E-state index is 0.186. The van der Waals surface area contributed by atoms with Crippen molar-refractivity contribution in [3.63, 3.8) is 0 Å². The van der Waals surface area contributed by atoms with Crippen molar-refractivity contribution < 1.29 is 19.1 Å². The number of anilines is 1. The Morgan fingerprint density at radius 3 is 2.23 bits per heavy atom. The number of benzene rings is 2. The van der Waals surface area contributed by atoms with Crippen LogP contribution in [0.25, 0.3) is 0 Å². The number of nitrogens with one attached hydrogen (secondary N) is 2. The molecule has 0 fully saturated rings. The summed E-state index contributed by atoms with van der Waals surface area (Å²) in [6.07, 6.45) is 1.08. The smallest absolute Gasteiger partial charge is 0.328 e. The number of carbonyl (C=O) groups is 3. The summed E-state index contributed by atoms with van der Waals surface area (Å²) in [5.74, 6) is -1.04. The highest BCUT2D eigenvalue weighted by Crippen LogP contribution is 2.11. The molecule has 0 saturated carbocycles. The van der Waals surface area contributed by atoms with Gasteiger partial charge in [0.15, 0.2) is 0 Å². The molecule has 0 unspecified atom stereocenters. The maximum absolute atomic E-state index is 12.4. The molecular weight excluding hydrogens is 332 g/mol. The number of hydrogen-bond donors (Lipinski definition) is 2. The lowest BCUT2D eigenvalue weighted by atomic mass is 10.0. The van der Waals surface area contributed by atoms with Crippen LogP contribution in [-0.4, -0.2) is 30.9 Å². The third-order valence-electron chi connectivity index (χ3n) is 3.82. The van der Waals surface area contributed by atoms with Crippen molar-refractivity contribution in [1.29, 1.82) is 0 Å². The molecule has 0 aliphatic heterocycles. The van der Waals surface area contributed by atoms with Gasteiger partial charge in [-0.05, 0) is 42.7 Å². The molecule has 0 radical (unpaired) electrons. The Kier molecular flexibility index (Phi) is 6.91. The van der Waals surface area contributed by atoms with E-state index in [1.807, 2.05) is 30.3 Å². The van der Waals surface area contributed by atoms with Crippen LogP contribution in [0.4, 0.5) is 5.69 Å². The van der Waals surface area contributed by atoms with Gasteiger partial charge in [0.25, 0.3) is 5.91 Å². The number of carbonyl (C=O) groups excluding carboxylic acids is 3. The number of aryl methyl sites for hydroxylation is 1. The Bertz CT molecular complexity index is 757. The van der Waals surface area contributed by atoms with Crippen LogP contribution < -0.4 is 10.6 Å². The fraction of sp³-hybridized carbons (Fsp3) is 0.250. The molecule has 26 heavy (non-hydrogen) atoms. The molecule has 1 atom stereocenters. The average Bonchev–Trinajstić information content (AvgIpc) is 2.65. The first-order chi connectivity index (χ1) is 12.5. The zero-order valence-electron chi connectivity index (χ0n) is 14.8. The highest BCUT2D eigenvalue weighted by atomic mass is 16.5. The van der Waals surface area contributed by atoms with Gasteiger partial charge in [-0.25, -0.2) is 4.79 Å². The van der Waals surface area contributed by atoms with Gasteiger partial charge in [0.1, 0.15) is 6.04 Å². The molecule has 2 aromatic carbocycles. The van der Waals surface area contributed by atoms with Crippen LogP contribution in [-0.2, 0) is 20.7 Å². The SMILES string of the molecule is COC(=O)[C@@H](CCc1ccccc1)NC(=O)c1ccc(NC(C)=O)cc1. The first kappa shape index (κ1) is 19.2. The second-order valence-corrected chi connectivity index (χ2v) is 5.83. The minimum Gasteiger partial charge on any atom is -0.467 e. The molecular formula is C20H22N2O4. The maximum Gasteiger partial charge on any atom is 0.328 e. The topological polar surface area (TPSA) is 84.5 Å². The Morgan fingerprint density at radius 1 is 1.00 bits per heavy atom. The van der Waals surface area contributed by atoms with Crippen LogP contribution in [0, 0.1) is 0 Å². The Morgan fingerprint density at radius 2 is 1.65 bits per heavy atom. The van der Waals surface area contributed by atoms with Gasteiger partial charge in [-0.15, -0.1) is 0 Å². The molecule has 0 bridgehead atoms. The number of esters is 1. The lowest BCUT2D eigenvalue weighted by Crippen LogP contribution is -2.41. The molecule has 2 amide bonds. The van der Waals surface area contributed by atoms with Gasteiger partial charge in [0, 0.05) is 18.2 Å². The maximum atomic E-state index is 12.4. The van der Waals surface area contributed by atoms with Gasteiger partial charge >= 0.3 is 5.97 Å². The van der Waals surface area contributed by atoms with Gasteiger partial charge < -0.3 is 15.4 Å². The van der Waals surface area contributed by atoms with Gasteiger partial charge in [-0.2, -0.15) is 0 Å². The number of rotatable bonds is 7. The molecule has 0 heterocycles. The third kappa shape index (κ3) is 5.73. The molecule has 6 heteroatoms. The summed E-state index contributed by atoms with van der Waals surface area (Å²) >= 11 is 0. The normalized spacial score (nSPS) is 11.3. The highest BCUT2D eigenvalue weighted by molar-refractivity contribution is 5.97. The minimum atomic E-state index is -0.734. The highest BCUT2D eigenvalue weighted by Gasteiger charge is 2.22. The Balaban J connectivity index is 2.01. The van der Waals surface area contributed by atoms with Crippen molar-refractivity contribution in [2.45, 2.75) is 25.8 Å². The van der Waals surface area contributed by atoms with Crippen LogP contribution in [0.3, 0.4) is 0 Å². The molecule has 0 aliphatic rings. The van der Waals surface area contributed by atoms with E-state index in [-0.39, 0.29) is 11.8 Å². The predicted molar refractivity (Wildman–Crippen MR) is 98.8 cm³/mol. The van der Waals surface area contributed by atoms with Crippen molar-refractivity contribution in [1.82, 2.24) is 5.32 Å². The molecule has 2 rings (SSSR count). The van der Waals surface area contributed by atoms with Crippen LogP contribution >= 0.6 is 0 Å². The van der Waals surface area contributed by atoms with E-state index in [0.29, 0.717) is 24.1 Å². The van der Waals surface area contributed by atoms with Crippen molar-refractivity contribution in [2.75, 3.05) is 12.4 Å². The monoisotopic (exact) mass is 354 g/mol. The van der Waals surface area contributed by atoms with E-state index >= 15 is 0 Å². The zero-order chi connectivity index (χ0) is 18.9. The summed E-state index contributed by atoms with van der Waals surface area (Å²) in [6, 6.07) is 15.4. The first-order valence-electron chi connectivity index (χ1n) is 8.30. The molecule has 0 saturated heterocycles. The van der Waals surface area contributed by atoms with Gasteiger partial charge in [-0.1, -0.05) is 30.3 Å². The first-order valence-corrected chi connectivity index (χ1v) is 8.30. The van der Waals surface area contributed by atoms with Crippen LogP contribution in [0.5, 0.6) is 0 Å². The van der Waals surface area contributed by atoms with Gasteiger partial charge in [-0.3, -0.25) is 9.59 Å². The molecule has 6 nitrogen and oxygen atoms in total. The van der Waals surface area contributed by atoms with Crippen LogP contribution in [0.1, 0.15) is 29.3 Å².